The van der Waals surface area contributed by atoms with Crippen molar-refractivity contribution in [1.29, 1.82) is 0 Å². The van der Waals surface area contributed by atoms with Gasteiger partial charge in [-0.1, -0.05) is 42.1 Å². The summed E-state index contributed by atoms with van der Waals surface area (Å²) >= 11 is 2.88. The number of aromatic nitrogens is 1. The van der Waals surface area contributed by atoms with Gasteiger partial charge in [0, 0.05) is 24.8 Å². The molecule has 0 saturated heterocycles. The number of anilines is 1. The summed E-state index contributed by atoms with van der Waals surface area (Å²) < 4.78 is 15.2. The van der Waals surface area contributed by atoms with Crippen molar-refractivity contribution in [1.82, 2.24) is 4.98 Å². The summed E-state index contributed by atoms with van der Waals surface area (Å²) in [6.45, 7) is 8.32. The average molecular weight is 495 g/mol. The van der Waals surface area contributed by atoms with Crippen LogP contribution < -0.4 is 4.90 Å². The Morgan fingerprint density at radius 2 is 1.59 bits per heavy atom. The molecule has 0 aliphatic carbocycles. The summed E-state index contributed by atoms with van der Waals surface area (Å²) in [4.78, 5) is 7.66. The number of halogens is 1. The van der Waals surface area contributed by atoms with Crippen LogP contribution in [0.4, 0.5) is 31.6 Å². The molecule has 0 bridgehead atoms. The number of rotatable bonds is 10. The number of benzene rings is 2. The topological polar surface area (TPSA) is 65.6 Å². The van der Waals surface area contributed by atoms with Gasteiger partial charge in [-0.15, -0.1) is 20.5 Å². The summed E-state index contributed by atoms with van der Waals surface area (Å²) in [6.07, 6.45) is 2.76. The van der Waals surface area contributed by atoms with Gasteiger partial charge < -0.3 is 4.90 Å². The molecule has 4 rings (SSSR count). The molecule has 2 heterocycles. The van der Waals surface area contributed by atoms with E-state index in [1.54, 1.807) is 12.1 Å². The van der Waals surface area contributed by atoms with E-state index < -0.39 is 0 Å². The highest BCUT2D eigenvalue weighted by atomic mass is 32.1. The van der Waals surface area contributed by atoms with E-state index in [4.69, 9.17) is 0 Å². The van der Waals surface area contributed by atoms with E-state index in [0.717, 1.165) is 58.1 Å². The van der Waals surface area contributed by atoms with Crippen LogP contribution in [0, 0.1) is 5.82 Å². The zero-order chi connectivity index (χ0) is 23.9. The highest BCUT2D eigenvalue weighted by Gasteiger charge is 2.09. The van der Waals surface area contributed by atoms with Crippen LogP contribution in [-0.2, 0) is 6.42 Å². The first kappa shape index (κ1) is 24.1. The molecule has 0 amide bonds. The minimum atomic E-state index is -0.226. The zero-order valence-corrected chi connectivity index (χ0v) is 21.2. The number of hydrogen-bond acceptors (Lipinski definition) is 8. The van der Waals surface area contributed by atoms with Crippen LogP contribution in [0.25, 0.3) is 9.53 Å². The summed E-state index contributed by atoms with van der Waals surface area (Å²) in [6, 6.07) is 15.0. The lowest BCUT2D eigenvalue weighted by Gasteiger charge is -2.20. The number of thiophene rings is 1. The predicted molar refractivity (Wildman–Crippen MR) is 141 cm³/mol. The van der Waals surface area contributed by atoms with Crippen molar-refractivity contribution >= 4 is 59.4 Å². The van der Waals surface area contributed by atoms with Gasteiger partial charge >= 0.3 is 0 Å². The van der Waals surface area contributed by atoms with Crippen LogP contribution in [0.1, 0.15) is 39.2 Å². The zero-order valence-electron chi connectivity index (χ0n) is 19.5. The fraction of sp³-hybridized carbons (Fsp3) is 0.320. The first-order chi connectivity index (χ1) is 16.6. The van der Waals surface area contributed by atoms with Gasteiger partial charge in [-0.3, -0.25) is 0 Å². The van der Waals surface area contributed by atoms with Crippen molar-refractivity contribution in [3.05, 3.63) is 59.9 Å². The fourth-order valence-electron chi connectivity index (χ4n) is 3.50. The summed E-state index contributed by atoms with van der Waals surface area (Å²) in [7, 11) is 0. The highest BCUT2D eigenvalue weighted by molar-refractivity contribution is 7.30. The Kier molecular flexibility index (Phi) is 8.08. The highest BCUT2D eigenvalue weighted by Crippen LogP contribution is 2.39. The van der Waals surface area contributed by atoms with E-state index in [1.807, 2.05) is 18.2 Å². The van der Waals surface area contributed by atoms with Crippen molar-refractivity contribution in [2.24, 2.45) is 20.5 Å². The van der Waals surface area contributed by atoms with Gasteiger partial charge in [-0.25, -0.2) is 9.37 Å². The molecule has 34 heavy (non-hydrogen) atoms. The van der Waals surface area contributed by atoms with E-state index in [0.29, 0.717) is 10.8 Å². The van der Waals surface area contributed by atoms with E-state index in [9.17, 15) is 4.39 Å². The van der Waals surface area contributed by atoms with Crippen LogP contribution in [0.2, 0.25) is 0 Å². The number of unbranched alkanes of at least 4 members (excludes halogenated alkanes) is 1. The standard InChI is InChI=1S/C25H27FN6S2/c1-4-7-8-17-9-10-19(15-21(17)26)29-30-23-16-22-24(34-23)27-25(33-22)31-28-18-11-13-20(14-12-18)32(5-2)6-3/h9-16H,4-8H2,1-3H3. The van der Waals surface area contributed by atoms with Crippen molar-refractivity contribution in [3.63, 3.8) is 0 Å². The van der Waals surface area contributed by atoms with Crippen LogP contribution in [0.15, 0.2) is 69.0 Å². The van der Waals surface area contributed by atoms with E-state index in [1.165, 1.54) is 34.4 Å². The first-order valence-corrected chi connectivity index (χ1v) is 13.1. The van der Waals surface area contributed by atoms with Crippen LogP contribution in [0.5, 0.6) is 0 Å². The molecule has 0 N–H and O–H groups in total. The van der Waals surface area contributed by atoms with Crippen LogP contribution in [-0.4, -0.2) is 18.1 Å². The van der Waals surface area contributed by atoms with E-state index >= 15 is 0 Å². The van der Waals surface area contributed by atoms with Crippen molar-refractivity contribution < 1.29 is 4.39 Å². The maximum atomic E-state index is 14.2. The Hall–Kier alpha value is -3.04. The van der Waals surface area contributed by atoms with Gasteiger partial charge in [-0.05, 0) is 68.7 Å². The molecule has 0 aliphatic rings. The maximum absolute atomic E-state index is 14.2. The molecule has 9 heteroatoms. The maximum Gasteiger partial charge on any atom is 0.231 e. The minimum absolute atomic E-state index is 0.226. The van der Waals surface area contributed by atoms with Crippen molar-refractivity contribution in [2.75, 3.05) is 18.0 Å². The number of thiazole rings is 1. The van der Waals surface area contributed by atoms with Crippen LogP contribution >= 0.6 is 22.7 Å². The first-order valence-electron chi connectivity index (χ1n) is 11.5. The molecule has 2 aromatic carbocycles. The average Bonchev–Trinajstić information content (AvgIpc) is 3.41. The normalized spacial score (nSPS) is 11.9. The summed E-state index contributed by atoms with van der Waals surface area (Å²) in [5.74, 6) is -0.226. The third-order valence-electron chi connectivity index (χ3n) is 5.39. The van der Waals surface area contributed by atoms with Crippen molar-refractivity contribution in [3.8, 4) is 0 Å². The Morgan fingerprint density at radius 1 is 0.853 bits per heavy atom. The molecule has 4 aromatic rings. The number of aryl methyl sites for hydroxylation is 1. The predicted octanol–water partition coefficient (Wildman–Crippen LogP) is 9.52. The third kappa shape index (κ3) is 5.90. The van der Waals surface area contributed by atoms with Gasteiger partial charge in [-0.2, -0.15) is 0 Å². The Labute approximate surface area is 206 Å². The lowest BCUT2D eigenvalue weighted by molar-refractivity contribution is 0.603. The fourth-order valence-corrected chi connectivity index (χ4v) is 5.35. The lowest BCUT2D eigenvalue weighted by Crippen LogP contribution is -2.21. The second kappa shape index (κ2) is 11.4. The number of hydrogen-bond donors (Lipinski definition) is 0. The SMILES string of the molecule is CCCCc1ccc(N=Nc2cc3sc(N=Nc4ccc(N(CC)CC)cc4)nc3s2)cc1F. The molecule has 0 atom stereocenters. The Bertz CT molecular complexity index is 1260. The molecule has 6 nitrogen and oxygen atoms in total. The molecule has 176 valence electrons. The van der Waals surface area contributed by atoms with Gasteiger partial charge in [0.1, 0.15) is 15.6 Å². The second-order valence-corrected chi connectivity index (χ2v) is 9.74. The largest absolute Gasteiger partial charge is 0.372 e. The molecule has 2 aromatic heterocycles. The molecule has 0 spiro atoms. The molecule has 0 radical (unpaired) electrons. The van der Waals surface area contributed by atoms with Gasteiger partial charge in [0.15, 0.2) is 0 Å². The molecule has 0 fully saturated rings. The van der Waals surface area contributed by atoms with Gasteiger partial charge in [0.2, 0.25) is 5.13 Å². The summed E-state index contributed by atoms with van der Waals surface area (Å²) in [5.41, 5.74) is 3.19. The molecule has 0 unspecified atom stereocenters. The smallest absolute Gasteiger partial charge is 0.231 e. The molecule has 0 aliphatic heterocycles. The number of azo groups is 2. The lowest BCUT2D eigenvalue weighted by atomic mass is 10.1. The van der Waals surface area contributed by atoms with Crippen LogP contribution in [0.3, 0.4) is 0 Å². The Balaban J connectivity index is 1.41. The summed E-state index contributed by atoms with van der Waals surface area (Å²) in [5, 5.41) is 18.4. The molecule has 0 saturated carbocycles. The van der Waals surface area contributed by atoms with E-state index in [2.05, 4.69) is 63.2 Å². The number of fused-ring (bicyclic) bond motifs is 1. The van der Waals surface area contributed by atoms with Gasteiger partial charge in [0.05, 0.1) is 16.1 Å². The monoisotopic (exact) mass is 494 g/mol. The molecular formula is C25H27FN6S2. The third-order valence-corrected chi connectivity index (χ3v) is 7.32. The van der Waals surface area contributed by atoms with Gasteiger partial charge in [0.25, 0.3) is 0 Å². The van der Waals surface area contributed by atoms with E-state index in [-0.39, 0.29) is 5.82 Å². The quantitative estimate of drug-likeness (QED) is 0.206. The van der Waals surface area contributed by atoms with Crippen molar-refractivity contribution in [2.45, 2.75) is 40.0 Å². The number of nitrogens with zero attached hydrogens (tertiary/aromatic N) is 6. The minimum Gasteiger partial charge on any atom is -0.372 e. The Morgan fingerprint density at radius 3 is 2.26 bits per heavy atom. The molecular weight excluding hydrogens is 467 g/mol. The second-order valence-electron chi connectivity index (χ2n) is 7.72.